The Morgan fingerprint density at radius 3 is 3.07 bits per heavy atom. The van der Waals surface area contributed by atoms with E-state index in [2.05, 4.69) is 32.2 Å². The van der Waals surface area contributed by atoms with Crippen LogP contribution in [0.4, 0.5) is 5.82 Å². The standard InChI is InChI=1S/C21H26N6O2/c1-4-16-15(7-11-29-16)18(28)25-21-8-5-6-17(21)26(10-9-21)19-13(2)14(3)24-20-22-12-23-27(19)20/h7,11-12,17H,4-6,8-10H2,1-3H3,(H,25,28). The summed E-state index contributed by atoms with van der Waals surface area (Å²) in [5, 5.41) is 7.83. The van der Waals surface area contributed by atoms with Gasteiger partial charge in [0.15, 0.2) is 0 Å². The highest BCUT2D eigenvalue weighted by Crippen LogP contribution is 2.44. The Morgan fingerprint density at radius 2 is 2.24 bits per heavy atom. The van der Waals surface area contributed by atoms with E-state index in [-0.39, 0.29) is 17.5 Å². The molecule has 0 aromatic carbocycles. The first-order valence-corrected chi connectivity index (χ1v) is 10.4. The second-order valence-electron chi connectivity index (χ2n) is 8.19. The van der Waals surface area contributed by atoms with Crippen LogP contribution in [0.5, 0.6) is 0 Å². The Hall–Kier alpha value is -2.90. The predicted molar refractivity (Wildman–Crippen MR) is 108 cm³/mol. The van der Waals surface area contributed by atoms with Crippen LogP contribution in [0.3, 0.4) is 0 Å². The first-order chi connectivity index (χ1) is 14.0. The van der Waals surface area contributed by atoms with Gasteiger partial charge in [-0.2, -0.15) is 14.6 Å². The highest BCUT2D eigenvalue weighted by atomic mass is 16.3. The Labute approximate surface area is 169 Å². The molecule has 1 aliphatic heterocycles. The largest absolute Gasteiger partial charge is 0.469 e. The summed E-state index contributed by atoms with van der Waals surface area (Å²) in [6.45, 7) is 6.97. The number of rotatable bonds is 4. The second kappa shape index (κ2) is 6.57. The highest BCUT2D eigenvalue weighted by Gasteiger charge is 2.52. The summed E-state index contributed by atoms with van der Waals surface area (Å²) in [6, 6.07) is 2.01. The van der Waals surface area contributed by atoms with Crippen molar-refractivity contribution >= 4 is 17.5 Å². The number of nitrogens with zero attached hydrogens (tertiary/aromatic N) is 5. The van der Waals surface area contributed by atoms with E-state index < -0.39 is 0 Å². The molecule has 152 valence electrons. The molecule has 0 radical (unpaired) electrons. The Balaban J connectivity index is 1.50. The molecule has 3 aromatic heterocycles. The van der Waals surface area contributed by atoms with Crippen LogP contribution >= 0.6 is 0 Å². The number of anilines is 1. The average Bonchev–Trinajstić information content (AvgIpc) is 3.46. The van der Waals surface area contributed by atoms with E-state index in [0.29, 0.717) is 17.8 Å². The monoisotopic (exact) mass is 394 g/mol. The van der Waals surface area contributed by atoms with Gasteiger partial charge in [0.1, 0.15) is 17.9 Å². The van der Waals surface area contributed by atoms with Crippen molar-refractivity contribution in [1.82, 2.24) is 24.9 Å². The van der Waals surface area contributed by atoms with Crippen molar-refractivity contribution in [3.8, 4) is 0 Å². The van der Waals surface area contributed by atoms with Gasteiger partial charge in [-0.15, -0.1) is 0 Å². The van der Waals surface area contributed by atoms with Gasteiger partial charge >= 0.3 is 0 Å². The number of amides is 1. The summed E-state index contributed by atoms with van der Waals surface area (Å²) in [5.74, 6) is 2.38. The molecule has 0 bridgehead atoms. The molecule has 2 fully saturated rings. The third-order valence-electron chi connectivity index (χ3n) is 6.74. The van der Waals surface area contributed by atoms with E-state index in [1.165, 1.54) is 0 Å². The molecule has 1 N–H and O–H groups in total. The number of fused-ring (bicyclic) bond motifs is 2. The normalized spacial score (nSPS) is 23.7. The number of aromatic nitrogens is 4. The first kappa shape index (κ1) is 18.1. The van der Waals surface area contributed by atoms with Crippen molar-refractivity contribution in [2.75, 3.05) is 11.4 Å². The summed E-state index contributed by atoms with van der Waals surface area (Å²) in [7, 11) is 0. The number of hydrogen-bond donors (Lipinski definition) is 1. The van der Waals surface area contributed by atoms with Crippen LogP contribution in [0.25, 0.3) is 5.78 Å². The molecule has 8 heteroatoms. The maximum atomic E-state index is 13.1. The summed E-state index contributed by atoms with van der Waals surface area (Å²) in [5.41, 5.74) is 2.50. The summed E-state index contributed by atoms with van der Waals surface area (Å²) in [6.07, 6.45) is 7.90. The number of carbonyl (C=O) groups excluding carboxylic acids is 1. The minimum absolute atomic E-state index is 0.0297. The zero-order valence-electron chi connectivity index (χ0n) is 17.1. The smallest absolute Gasteiger partial charge is 0.255 e. The molecule has 1 saturated heterocycles. The number of hydrogen-bond acceptors (Lipinski definition) is 6. The van der Waals surface area contributed by atoms with Gasteiger partial charge in [-0.05, 0) is 45.6 Å². The van der Waals surface area contributed by atoms with Crippen LogP contribution in [0, 0.1) is 13.8 Å². The Morgan fingerprint density at radius 1 is 1.38 bits per heavy atom. The molecule has 1 saturated carbocycles. The van der Waals surface area contributed by atoms with E-state index in [4.69, 9.17) is 4.42 Å². The van der Waals surface area contributed by atoms with Gasteiger partial charge in [0.25, 0.3) is 11.7 Å². The molecule has 0 spiro atoms. The SMILES string of the molecule is CCc1occc1C(=O)NC12CCCC1N(c1c(C)c(C)nc3ncnn13)CC2. The van der Waals surface area contributed by atoms with Crippen molar-refractivity contribution in [2.45, 2.75) is 64.5 Å². The van der Waals surface area contributed by atoms with E-state index >= 15 is 0 Å². The summed E-state index contributed by atoms with van der Waals surface area (Å²) < 4.78 is 7.31. The molecule has 1 aliphatic carbocycles. The second-order valence-corrected chi connectivity index (χ2v) is 8.19. The molecule has 3 aromatic rings. The van der Waals surface area contributed by atoms with E-state index in [0.717, 1.165) is 55.1 Å². The van der Waals surface area contributed by atoms with Crippen molar-refractivity contribution in [3.63, 3.8) is 0 Å². The minimum Gasteiger partial charge on any atom is -0.469 e. The van der Waals surface area contributed by atoms with Crippen molar-refractivity contribution in [1.29, 1.82) is 0 Å². The Bertz CT molecular complexity index is 1090. The molecule has 29 heavy (non-hydrogen) atoms. The number of nitrogens with one attached hydrogen (secondary N) is 1. The zero-order valence-corrected chi connectivity index (χ0v) is 17.1. The van der Waals surface area contributed by atoms with Gasteiger partial charge < -0.3 is 14.6 Å². The topological polar surface area (TPSA) is 88.6 Å². The molecule has 8 nitrogen and oxygen atoms in total. The third-order valence-corrected chi connectivity index (χ3v) is 6.74. The first-order valence-electron chi connectivity index (χ1n) is 10.4. The molecular formula is C21H26N6O2. The van der Waals surface area contributed by atoms with Gasteiger partial charge in [-0.3, -0.25) is 4.79 Å². The van der Waals surface area contributed by atoms with E-state index in [9.17, 15) is 4.79 Å². The van der Waals surface area contributed by atoms with Crippen molar-refractivity contribution in [3.05, 3.63) is 41.2 Å². The van der Waals surface area contributed by atoms with Gasteiger partial charge in [-0.1, -0.05) is 6.92 Å². The van der Waals surface area contributed by atoms with Crippen LogP contribution in [0.2, 0.25) is 0 Å². The predicted octanol–water partition coefficient (Wildman–Crippen LogP) is 2.83. The van der Waals surface area contributed by atoms with Crippen LogP contribution < -0.4 is 10.2 Å². The van der Waals surface area contributed by atoms with Crippen molar-refractivity contribution < 1.29 is 9.21 Å². The number of aryl methyl sites for hydroxylation is 2. The quantitative estimate of drug-likeness (QED) is 0.732. The lowest BCUT2D eigenvalue weighted by molar-refractivity contribution is 0.0897. The lowest BCUT2D eigenvalue weighted by atomic mass is 9.92. The molecule has 2 aliphatic rings. The van der Waals surface area contributed by atoms with Gasteiger partial charge in [0, 0.05) is 24.2 Å². The molecule has 2 unspecified atom stereocenters. The molecule has 1 amide bonds. The third kappa shape index (κ3) is 2.65. The molecule has 4 heterocycles. The lowest BCUT2D eigenvalue weighted by Crippen LogP contribution is -2.54. The van der Waals surface area contributed by atoms with Gasteiger partial charge in [-0.25, -0.2) is 4.98 Å². The van der Waals surface area contributed by atoms with Gasteiger partial charge in [0.2, 0.25) is 0 Å². The fourth-order valence-corrected chi connectivity index (χ4v) is 5.20. The lowest BCUT2D eigenvalue weighted by Gasteiger charge is -2.34. The highest BCUT2D eigenvalue weighted by molar-refractivity contribution is 5.95. The maximum absolute atomic E-state index is 13.1. The van der Waals surface area contributed by atoms with Crippen LogP contribution in [-0.4, -0.2) is 43.6 Å². The fourth-order valence-electron chi connectivity index (χ4n) is 5.20. The molecule has 2 atom stereocenters. The van der Waals surface area contributed by atoms with Crippen LogP contribution in [0.1, 0.15) is 60.0 Å². The zero-order chi connectivity index (χ0) is 20.2. The fraction of sp³-hybridized carbons (Fsp3) is 0.524. The van der Waals surface area contributed by atoms with Gasteiger partial charge in [0.05, 0.1) is 23.4 Å². The summed E-state index contributed by atoms with van der Waals surface area (Å²) in [4.78, 5) is 24.3. The molecular weight excluding hydrogens is 368 g/mol. The number of carbonyl (C=O) groups is 1. The van der Waals surface area contributed by atoms with E-state index in [1.54, 1.807) is 18.7 Å². The Kier molecular flexibility index (Phi) is 4.11. The van der Waals surface area contributed by atoms with Crippen LogP contribution in [-0.2, 0) is 6.42 Å². The minimum atomic E-state index is -0.226. The average molecular weight is 394 g/mol. The van der Waals surface area contributed by atoms with Crippen molar-refractivity contribution in [2.24, 2.45) is 0 Å². The van der Waals surface area contributed by atoms with Crippen LogP contribution in [0.15, 0.2) is 23.1 Å². The van der Waals surface area contributed by atoms with E-state index in [1.807, 2.05) is 18.4 Å². The maximum Gasteiger partial charge on any atom is 0.255 e. The summed E-state index contributed by atoms with van der Waals surface area (Å²) >= 11 is 0. The number of furan rings is 1. The molecule has 5 rings (SSSR count).